The van der Waals surface area contributed by atoms with E-state index in [1.165, 1.54) is 25.2 Å². The molecule has 0 bridgehead atoms. The number of ether oxygens (including phenoxy) is 1. The fourth-order valence-electron chi connectivity index (χ4n) is 2.04. The Kier molecular flexibility index (Phi) is 6.51. The topological polar surface area (TPSA) is 102 Å². The zero-order valence-corrected chi connectivity index (χ0v) is 14.6. The van der Waals surface area contributed by atoms with Gasteiger partial charge in [-0.1, -0.05) is 35.9 Å². The van der Waals surface area contributed by atoms with Gasteiger partial charge in [-0.05, 0) is 18.2 Å². The molecule has 136 valence electrons. The minimum Gasteiger partial charge on any atom is -0.477 e. The van der Waals surface area contributed by atoms with E-state index >= 15 is 0 Å². The molecule has 8 nitrogen and oxygen atoms in total. The third kappa shape index (κ3) is 5.18. The predicted molar refractivity (Wildman–Crippen MR) is 96.3 cm³/mol. The number of anilines is 1. The second-order valence-electron chi connectivity index (χ2n) is 5.29. The molecule has 26 heavy (non-hydrogen) atoms. The maximum absolute atomic E-state index is 12.1. The normalized spacial score (nSPS) is 10.1. The van der Waals surface area contributed by atoms with Crippen molar-refractivity contribution in [3.05, 3.63) is 63.7 Å². The summed E-state index contributed by atoms with van der Waals surface area (Å²) in [5.74, 6) is -0.947. The van der Waals surface area contributed by atoms with E-state index in [2.05, 4.69) is 5.32 Å². The fraction of sp³-hybridized carbons (Fsp3) is 0.176. The number of benzene rings is 2. The highest BCUT2D eigenvalue weighted by molar-refractivity contribution is 6.33. The quantitative estimate of drug-likeness (QED) is 0.590. The van der Waals surface area contributed by atoms with Gasteiger partial charge in [0.15, 0.2) is 12.4 Å². The SMILES string of the molecule is CN(CC(=O)Nc1ccccc1Cl)C(=O)COc1ccccc1[N+](=O)[O-]. The number of halogens is 1. The number of nitro groups is 1. The van der Waals surface area contributed by atoms with Crippen LogP contribution in [0, 0.1) is 10.1 Å². The first-order chi connectivity index (χ1) is 12.4. The van der Waals surface area contributed by atoms with Gasteiger partial charge in [0.1, 0.15) is 0 Å². The molecule has 0 fully saturated rings. The van der Waals surface area contributed by atoms with E-state index in [-0.39, 0.29) is 18.0 Å². The standard InChI is InChI=1S/C17H16ClN3O5/c1-20(10-16(22)19-13-7-3-2-6-12(13)18)17(23)11-26-15-9-5-4-8-14(15)21(24)25/h2-9H,10-11H2,1H3,(H,19,22). The van der Waals surface area contributed by atoms with Crippen molar-refractivity contribution in [2.45, 2.75) is 0 Å². The number of para-hydroxylation sites is 3. The van der Waals surface area contributed by atoms with Gasteiger partial charge in [0.25, 0.3) is 5.91 Å². The van der Waals surface area contributed by atoms with Crippen molar-refractivity contribution in [3.63, 3.8) is 0 Å². The molecule has 0 atom stereocenters. The zero-order chi connectivity index (χ0) is 19.1. The first-order valence-electron chi connectivity index (χ1n) is 7.53. The van der Waals surface area contributed by atoms with Crippen molar-refractivity contribution in [3.8, 4) is 5.75 Å². The summed E-state index contributed by atoms with van der Waals surface area (Å²) in [5, 5.41) is 13.9. The summed E-state index contributed by atoms with van der Waals surface area (Å²) in [7, 11) is 1.43. The van der Waals surface area contributed by atoms with Gasteiger partial charge in [-0.15, -0.1) is 0 Å². The number of amides is 2. The molecule has 0 aliphatic carbocycles. The molecule has 0 spiro atoms. The zero-order valence-electron chi connectivity index (χ0n) is 13.8. The maximum atomic E-state index is 12.1. The van der Waals surface area contributed by atoms with Gasteiger partial charge in [-0.3, -0.25) is 19.7 Å². The van der Waals surface area contributed by atoms with Crippen LogP contribution in [0.3, 0.4) is 0 Å². The monoisotopic (exact) mass is 377 g/mol. The summed E-state index contributed by atoms with van der Waals surface area (Å²) in [5.41, 5.74) is 0.204. The van der Waals surface area contributed by atoms with Gasteiger partial charge in [-0.25, -0.2) is 0 Å². The van der Waals surface area contributed by atoms with Gasteiger partial charge < -0.3 is 15.0 Å². The van der Waals surface area contributed by atoms with Crippen molar-refractivity contribution in [2.24, 2.45) is 0 Å². The number of rotatable bonds is 7. The Morgan fingerprint density at radius 1 is 1.19 bits per heavy atom. The Balaban J connectivity index is 1.89. The molecule has 2 amide bonds. The van der Waals surface area contributed by atoms with Crippen LogP contribution in [-0.2, 0) is 9.59 Å². The molecule has 0 aromatic heterocycles. The summed E-state index contributed by atoms with van der Waals surface area (Å²) in [6, 6.07) is 12.5. The lowest BCUT2D eigenvalue weighted by Gasteiger charge is -2.17. The van der Waals surface area contributed by atoms with Gasteiger partial charge in [-0.2, -0.15) is 0 Å². The summed E-state index contributed by atoms with van der Waals surface area (Å²) in [6.07, 6.45) is 0. The highest BCUT2D eigenvalue weighted by atomic mass is 35.5. The van der Waals surface area contributed by atoms with Crippen LogP contribution >= 0.6 is 11.6 Å². The third-order valence-corrected chi connectivity index (χ3v) is 3.70. The molecule has 2 aromatic rings. The third-order valence-electron chi connectivity index (χ3n) is 3.37. The summed E-state index contributed by atoms with van der Waals surface area (Å²) < 4.78 is 5.21. The van der Waals surface area contributed by atoms with Crippen LogP contribution in [0.25, 0.3) is 0 Å². The number of hydrogen-bond donors (Lipinski definition) is 1. The van der Waals surface area contributed by atoms with E-state index < -0.39 is 23.3 Å². The van der Waals surface area contributed by atoms with E-state index in [0.29, 0.717) is 10.7 Å². The minimum atomic E-state index is -0.597. The molecule has 2 rings (SSSR count). The van der Waals surface area contributed by atoms with Crippen LogP contribution in [0.1, 0.15) is 0 Å². The molecular weight excluding hydrogens is 362 g/mol. The van der Waals surface area contributed by atoms with Crippen LogP contribution in [0.4, 0.5) is 11.4 Å². The number of nitro benzene ring substituents is 1. The van der Waals surface area contributed by atoms with Crippen LogP contribution in [-0.4, -0.2) is 41.8 Å². The number of carbonyl (C=O) groups is 2. The molecule has 0 aliphatic rings. The first kappa shape index (κ1) is 19.2. The Morgan fingerprint density at radius 2 is 1.85 bits per heavy atom. The average molecular weight is 378 g/mol. The lowest BCUT2D eigenvalue weighted by atomic mass is 10.3. The van der Waals surface area contributed by atoms with Crippen LogP contribution in [0.2, 0.25) is 5.02 Å². The van der Waals surface area contributed by atoms with E-state index in [1.54, 1.807) is 30.3 Å². The lowest BCUT2D eigenvalue weighted by Crippen LogP contribution is -2.37. The molecule has 0 saturated heterocycles. The first-order valence-corrected chi connectivity index (χ1v) is 7.91. The molecule has 0 aliphatic heterocycles. The Morgan fingerprint density at radius 3 is 2.54 bits per heavy atom. The van der Waals surface area contributed by atoms with E-state index in [0.717, 1.165) is 4.90 Å². The van der Waals surface area contributed by atoms with E-state index in [9.17, 15) is 19.7 Å². The Labute approximate surface area is 154 Å². The Bertz CT molecular complexity index is 828. The summed E-state index contributed by atoms with van der Waals surface area (Å²) in [4.78, 5) is 35.6. The number of nitrogens with zero attached hydrogens (tertiary/aromatic N) is 2. The van der Waals surface area contributed by atoms with Crippen molar-refractivity contribution in [1.29, 1.82) is 0 Å². The maximum Gasteiger partial charge on any atom is 0.310 e. The number of carbonyl (C=O) groups excluding carboxylic acids is 2. The lowest BCUT2D eigenvalue weighted by molar-refractivity contribution is -0.385. The highest BCUT2D eigenvalue weighted by Crippen LogP contribution is 2.25. The van der Waals surface area contributed by atoms with Crippen LogP contribution in [0.15, 0.2) is 48.5 Å². The molecule has 0 heterocycles. The number of nitrogens with one attached hydrogen (secondary N) is 1. The predicted octanol–water partition coefficient (Wildman–Crippen LogP) is 2.72. The fourth-order valence-corrected chi connectivity index (χ4v) is 2.22. The smallest absolute Gasteiger partial charge is 0.310 e. The molecule has 9 heteroatoms. The minimum absolute atomic E-state index is 0.0141. The largest absolute Gasteiger partial charge is 0.477 e. The van der Waals surface area contributed by atoms with Gasteiger partial charge in [0.2, 0.25) is 5.91 Å². The second-order valence-corrected chi connectivity index (χ2v) is 5.70. The van der Waals surface area contributed by atoms with Crippen molar-refractivity contribution < 1.29 is 19.2 Å². The molecule has 0 unspecified atom stereocenters. The van der Waals surface area contributed by atoms with Gasteiger partial charge >= 0.3 is 5.69 Å². The van der Waals surface area contributed by atoms with E-state index in [1.807, 2.05) is 0 Å². The average Bonchev–Trinajstić information content (AvgIpc) is 2.61. The Hall–Kier alpha value is -3.13. The summed E-state index contributed by atoms with van der Waals surface area (Å²) >= 11 is 5.96. The highest BCUT2D eigenvalue weighted by Gasteiger charge is 2.18. The molecule has 1 N–H and O–H groups in total. The van der Waals surface area contributed by atoms with Crippen molar-refractivity contribution >= 4 is 34.8 Å². The van der Waals surface area contributed by atoms with Crippen LogP contribution in [0.5, 0.6) is 5.75 Å². The molecular formula is C17H16ClN3O5. The van der Waals surface area contributed by atoms with Crippen molar-refractivity contribution in [1.82, 2.24) is 4.90 Å². The molecule has 0 radical (unpaired) electrons. The summed E-state index contributed by atoms with van der Waals surface area (Å²) in [6.45, 7) is -0.648. The van der Waals surface area contributed by atoms with E-state index in [4.69, 9.17) is 16.3 Å². The number of likely N-dealkylation sites (N-methyl/N-ethyl adjacent to an activating group) is 1. The molecule has 2 aromatic carbocycles. The van der Waals surface area contributed by atoms with Gasteiger partial charge in [0.05, 0.1) is 22.2 Å². The van der Waals surface area contributed by atoms with Gasteiger partial charge in [0, 0.05) is 13.1 Å². The number of hydrogen-bond acceptors (Lipinski definition) is 5. The van der Waals surface area contributed by atoms with Crippen LogP contribution < -0.4 is 10.1 Å². The molecule has 0 saturated carbocycles. The van der Waals surface area contributed by atoms with Crippen molar-refractivity contribution in [2.75, 3.05) is 25.5 Å². The second kappa shape index (κ2) is 8.82.